The fourth-order valence-electron chi connectivity index (χ4n) is 2.13. The maximum absolute atomic E-state index is 11.7. The lowest BCUT2D eigenvalue weighted by molar-refractivity contribution is -0.130. The molecule has 2 rings (SSSR count). The van der Waals surface area contributed by atoms with E-state index in [9.17, 15) is 9.59 Å². The summed E-state index contributed by atoms with van der Waals surface area (Å²) in [7, 11) is 0. The van der Waals surface area contributed by atoms with Crippen molar-refractivity contribution in [2.45, 2.75) is 27.3 Å². The van der Waals surface area contributed by atoms with Crippen LogP contribution in [-0.2, 0) is 16.1 Å². The summed E-state index contributed by atoms with van der Waals surface area (Å²) in [6.07, 6.45) is 0. The minimum atomic E-state index is -0.0559. The highest BCUT2D eigenvalue weighted by Crippen LogP contribution is 2.32. The van der Waals surface area contributed by atoms with Crippen LogP contribution in [0.2, 0.25) is 0 Å². The molecule has 1 heterocycles. The number of nitrogens with zero attached hydrogens (tertiary/aromatic N) is 1. The van der Waals surface area contributed by atoms with Crippen LogP contribution in [-0.4, -0.2) is 36.6 Å². The predicted molar refractivity (Wildman–Crippen MR) is 81.5 cm³/mol. The van der Waals surface area contributed by atoms with Crippen LogP contribution in [0.3, 0.4) is 0 Å². The number of nitrogens with one attached hydrogen (secondary N) is 1. The molecular weight excluding hydrogens is 284 g/mol. The van der Waals surface area contributed by atoms with Crippen LogP contribution in [0.1, 0.15) is 26.3 Å². The van der Waals surface area contributed by atoms with Crippen molar-refractivity contribution in [3.05, 3.63) is 23.8 Å². The minimum Gasteiger partial charge on any atom is -0.454 e. The van der Waals surface area contributed by atoms with Crippen molar-refractivity contribution in [1.82, 2.24) is 10.2 Å². The molecule has 0 radical (unpaired) electrons. The summed E-state index contributed by atoms with van der Waals surface area (Å²) in [5, 5.41) is 2.82. The first-order valence-electron chi connectivity index (χ1n) is 7.39. The fourth-order valence-corrected chi connectivity index (χ4v) is 2.13. The molecule has 0 spiro atoms. The highest BCUT2D eigenvalue weighted by molar-refractivity contribution is 5.78. The Morgan fingerprint density at radius 1 is 1.27 bits per heavy atom. The first-order chi connectivity index (χ1) is 10.5. The van der Waals surface area contributed by atoms with Crippen LogP contribution in [0.15, 0.2) is 18.2 Å². The second kappa shape index (κ2) is 7.15. The third-order valence-corrected chi connectivity index (χ3v) is 3.46. The molecule has 0 saturated carbocycles. The molecule has 1 N–H and O–H groups in total. The van der Waals surface area contributed by atoms with Gasteiger partial charge in [0.05, 0.1) is 0 Å². The summed E-state index contributed by atoms with van der Waals surface area (Å²) in [6.45, 7) is 6.83. The van der Waals surface area contributed by atoms with Gasteiger partial charge in [-0.25, -0.2) is 0 Å². The Balaban J connectivity index is 1.91. The van der Waals surface area contributed by atoms with Crippen molar-refractivity contribution >= 4 is 11.8 Å². The summed E-state index contributed by atoms with van der Waals surface area (Å²) < 4.78 is 10.6. The molecule has 0 bridgehead atoms. The highest BCUT2D eigenvalue weighted by Gasteiger charge is 2.16. The van der Waals surface area contributed by atoms with Gasteiger partial charge < -0.3 is 19.7 Å². The van der Waals surface area contributed by atoms with Gasteiger partial charge in [-0.05, 0) is 17.7 Å². The van der Waals surface area contributed by atoms with Crippen molar-refractivity contribution in [1.29, 1.82) is 0 Å². The van der Waals surface area contributed by atoms with E-state index in [0.717, 1.165) is 11.3 Å². The van der Waals surface area contributed by atoms with Crippen LogP contribution >= 0.6 is 0 Å². The number of hydrogen-bond donors (Lipinski definition) is 1. The largest absolute Gasteiger partial charge is 0.454 e. The van der Waals surface area contributed by atoms with E-state index in [4.69, 9.17) is 9.47 Å². The van der Waals surface area contributed by atoms with E-state index < -0.39 is 0 Å². The summed E-state index contributed by atoms with van der Waals surface area (Å²) in [5.41, 5.74) is 0.967. The zero-order valence-corrected chi connectivity index (χ0v) is 13.2. The molecule has 2 amide bonds. The number of carbonyl (C=O) groups excluding carboxylic acids is 2. The van der Waals surface area contributed by atoms with Gasteiger partial charge in [0.1, 0.15) is 0 Å². The molecule has 1 aliphatic heterocycles. The van der Waals surface area contributed by atoms with E-state index in [1.165, 1.54) is 6.92 Å². The SMILES string of the molecule is CC(=O)N(CCNC(=O)C(C)C)Cc1ccc2c(c1)OCO2. The lowest BCUT2D eigenvalue weighted by Gasteiger charge is -2.22. The van der Waals surface area contributed by atoms with Crippen LogP contribution in [0.5, 0.6) is 11.5 Å². The van der Waals surface area contributed by atoms with E-state index in [1.807, 2.05) is 32.0 Å². The van der Waals surface area contributed by atoms with Crippen LogP contribution in [0.4, 0.5) is 0 Å². The molecule has 6 heteroatoms. The second-order valence-electron chi connectivity index (χ2n) is 5.57. The molecule has 0 saturated heterocycles. The first kappa shape index (κ1) is 16.1. The van der Waals surface area contributed by atoms with Gasteiger partial charge in [0, 0.05) is 32.5 Å². The van der Waals surface area contributed by atoms with Crippen molar-refractivity contribution in [2.24, 2.45) is 5.92 Å². The molecule has 1 aliphatic rings. The van der Waals surface area contributed by atoms with Gasteiger partial charge >= 0.3 is 0 Å². The van der Waals surface area contributed by atoms with Crippen molar-refractivity contribution in [3.63, 3.8) is 0 Å². The van der Waals surface area contributed by atoms with Gasteiger partial charge in [-0.15, -0.1) is 0 Å². The Bertz CT molecular complexity index is 557. The van der Waals surface area contributed by atoms with E-state index in [2.05, 4.69) is 5.32 Å². The lowest BCUT2D eigenvalue weighted by atomic mass is 10.2. The minimum absolute atomic E-state index is 0.00779. The van der Waals surface area contributed by atoms with Crippen molar-refractivity contribution in [3.8, 4) is 11.5 Å². The smallest absolute Gasteiger partial charge is 0.231 e. The molecule has 1 aromatic rings. The van der Waals surface area contributed by atoms with E-state index in [0.29, 0.717) is 25.4 Å². The third kappa shape index (κ3) is 4.13. The van der Waals surface area contributed by atoms with E-state index >= 15 is 0 Å². The van der Waals surface area contributed by atoms with Gasteiger partial charge in [0.2, 0.25) is 18.6 Å². The van der Waals surface area contributed by atoms with Gasteiger partial charge in [-0.1, -0.05) is 19.9 Å². The van der Waals surface area contributed by atoms with Gasteiger partial charge in [-0.2, -0.15) is 0 Å². The summed E-state index contributed by atoms with van der Waals surface area (Å²) >= 11 is 0. The Kier molecular flexibility index (Phi) is 5.25. The summed E-state index contributed by atoms with van der Waals surface area (Å²) in [6, 6.07) is 5.64. The average Bonchev–Trinajstić information content (AvgIpc) is 2.93. The maximum atomic E-state index is 11.7. The summed E-state index contributed by atoms with van der Waals surface area (Å²) in [4.78, 5) is 25.0. The topological polar surface area (TPSA) is 67.9 Å². The van der Waals surface area contributed by atoms with Crippen molar-refractivity contribution in [2.75, 3.05) is 19.9 Å². The molecule has 120 valence electrons. The number of carbonyl (C=O) groups is 2. The predicted octanol–water partition coefficient (Wildman–Crippen LogP) is 1.54. The Labute approximate surface area is 130 Å². The zero-order chi connectivity index (χ0) is 16.1. The normalized spacial score (nSPS) is 12.4. The van der Waals surface area contributed by atoms with Gasteiger partial charge in [-0.3, -0.25) is 9.59 Å². The van der Waals surface area contributed by atoms with Crippen LogP contribution in [0.25, 0.3) is 0 Å². The summed E-state index contributed by atoms with van der Waals surface area (Å²) in [5.74, 6) is 1.33. The standard InChI is InChI=1S/C16H22N2O4/c1-11(2)16(20)17-6-7-18(12(3)19)9-13-4-5-14-15(8-13)22-10-21-14/h4-5,8,11H,6-7,9-10H2,1-3H3,(H,17,20). The monoisotopic (exact) mass is 306 g/mol. The van der Waals surface area contributed by atoms with Crippen molar-refractivity contribution < 1.29 is 19.1 Å². The second-order valence-corrected chi connectivity index (χ2v) is 5.57. The molecule has 1 aromatic carbocycles. The Hall–Kier alpha value is -2.24. The average molecular weight is 306 g/mol. The quantitative estimate of drug-likeness (QED) is 0.865. The number of rotatable bonds is 6. The molecule has 0 atom stereocenters. The Morgan fingerprint density at radius 2 is 2.00 bits per heavy atom. The number of hydrogen-bond acceptors (Lipinski definition) is 4. The molecule has 0 aromatic heterocycles. The number of amides is 2. The van der Waals surface area contributed by atoms with Crippen LogP contribution in [0, 0.1) is 5.92 Å². The zero-order valence-electron chi connectivity index (χ0n) is 13.2. The molecule has 22 heavy (non-hydrogen) atoms. The van der Waals surface area contributed by atoms with Gasteiger partial charge in [0.15, 0.2) is 11.5 Å². The van der Waals surface area contributed by atoms with Gasteiger partial charge in [0.25, 0.3) is 0 Å². The number of ether oxygens (including phenoxy) is 2. The first-order valence-corrected chi connectivity index (χ1v) is 7.39. The molecule has 0 unspecified atom stereocenters. The van der Waals surface area contributed by atoms with E-state index in [1.54, 1.807) is 4.90 Å². The highest BCUT2D eigenvalue weighted by atomic mass is 16.7. The molecule has 0 fully saturated rings. The Morgan fingerprint density at radius 3 is 2.68 bits per heavy atom. The lowest BCUT2D eigenvalue weighted by Crippen LogP contribution is -2.38. The maximum Gasteiger partial charge on any atom is 0.231 e. The van der Waals surface area contributed by atoms with Crippen LogP contribution < -0.4 is 14.8 Å². The third-order valence-electron chi connectivity index (χ3n) is 3.46. The number of benzene rings is 1. The molecular formula is C16H22N2O4. The molecule has 0 aliphatic carbocycles. The fraction of sp³-hybridized carbons (Fsp3) is 0.500. The number of fused-ring (bicyclic) bond motifs is 1. The molecule has 6 nitrogen and oxygen atoms in total. The van der Waals surface area contributed by atoms with E-state index in [-0.39, 0.29) is 24.5 Å².